The molecule has 3 rings (SSSR count). The Balaban J connectivity index is 0.000000537. The fourth-order valence-electron chi connectivity index (χ4n) is 3.20. The molecule has 160 valence electrons. The first-order valence-corrected chi connectivity index (χ1v) is 10.6. The molecule has 2 saturated heterocycles. The zero-order valence-electron chi connectivity index (χ0n) is 15.4. The van der Waals surface area contributed by atoms with E-state index in [9.17, 15) is 19.5 Å². The van der Waals surface area contributed by atoms with Crippen molar-refractivity contribution in [1.82, 2.24) is 10.2 Å². The molecule has 29 heavy (non-hydrogen) atoms. The van der Waals surface area contributed by atoms with Crippen LogP contribution in [0.25, 0.3) is 0 Å². The van der Waals surface area contributed by atoms with Gasteiger partial charge in [0.25, 0.3) is 0 Å². The second kappa shape index (κ2) is 8.28. The van der Waals surface area contributed by atoms with Crippen LogP contribution in [0, 0.1) is 0 Å². The van der Waals surface area contributed by atoms with Crippen LogP contribution in [0.15, 0.2) is 30.3 Å². The molecule has 1 aromatic rings. The number of hydrogen-bond acceptors (Lipinski definition) is 7. The van der Waals surface area contributed by atoms with E-state index in [1.165, 1.54) is 16.7 Å². The van der Waals surface area contributed by atoms with Gasteiger partial charge in [0.2, 0.25) is 11.8 Å². The normalized spacial score (nSPS) is 25.8. The number of carboxylic acids is 1. The van der Waals surface area contributed by atoms with Gasteiger partial charge in [0.15, 0.2) is 0 Å². The Morgan fingerprint density at radius 2 is 1.76 bits per heavy atom. The van der Waals surface area contributed by atoms with Crippen LogP contribution in [0.3, 0.4) is 0 Å². The lowest BCUT2D eigenvalue weighted by molar-refractivity contribution is -0.161. The number of fused-ring (bicyclic) bond motifs is 1. The van der Waals surface area contributed by atoms with Crippen molar-refractivity contribution in [2.24, 2.45) is 5.73 Å². The van der Waals surface area contributed by atoms with Crippen molar-refractivity contribution in [3.8, 4) is 0 Å². The van der Waals surface area contributed by atoms with Gasteiger partial charge < -0.3 is 21.1 Å². The molecule has 0 aromatic heterocycles. The predicted molar refractivity (Wildman–Crippen MR) is 103 cm³/mol. The number of amides is 2. The number of nitrogens with one attached hydrogen (secondary N) is 1. The molecule has 4 atom stereocenters. The largest absolute Gasteiger partial charge is 0.480 e. The summed E-state index contributed by atoms with van der Waals surface area (Å²) in [6.45, 7) is 3.58. The highest BCUT2D eigenvalue weighted by Crippen LogP contribution is 2.50. The molecule has 2 amide bonds. The summed E-state index contributed by atoms with van der Waals surface area (Å²) in [6, 6.07) is 6.38. The van der Waals surface area contributed by atoms with Crippen LogP contribution in [0.1, 0.15) is 25.5 Å². The molecule has 11 nitrogen and oxygen atoms in total. The fraction of sp³-hybridized carbons (Fsp3) is 0.438. The molecule has 1 unspecified atom stereocenters. The number of hydrogen-bond donors (Lipinski definition) is 5. The second-order valence-electron chi connectivity index (χ2n) is 6.92. The molecule has 0 spiro atoms. The van der Waals surface area contributed by atoms with E-state index in [1.54, 1.807) is 38.1 Å². The van der Waals surface area contributed by atoms with Crippen molar-refractivity contribution < 1.29 is 37.0 Å². The van der Waals surface area contributed by atoms with Crippen LogP contribution in [0.4, 0.5) is 0 Å². The van der Waals surface area contributed by atoms with Crippen molar-refractivity contribution in [1.29, 1.82) is 0 Å². The molecular formula is C16H21N3O8S2. The third kappa shape index (κ3) is 5.25. The summed E-state index contributed by atoms with van der Waals surface area (Å²) < 4.78 is 31.0. The molecule has 6 N–H and O–H groups in total. The Morgan fingerprint density at radius 3 is 2.24 bits per heavy atom. The van der Waals surface area contributed by atoms with Crippen molar-refractivity contribution in [2.75, 3.05) is 0 Å². The SMILES string of the molecule is CC1(C)S[C@@H]2[C@H](NC(=O)C(N)c3ccccc3)C(=O)N2[C@H]1C(=O)O.O=S(=O)(O)O. The van der Waals surface area contributed by atoms with Crippen LogP contribution in [-0.4, -0.2) is 67.5 Å². The lowest BCUT2D eigenvalue weighted by Gasteiger charge is -2.43. The summed E-state index contributed by atoms with van der Waals surface area (Å²) in [4.78, 5) is 37.5. The number of carboxylic acid groups (broad SMARTS) is 1. The van der Waals surface area contributed by atoms with E-state index in [1.807, 2.05) is 6.07 Å². The lowest BCUT2D eigenvalue weighted by Crippen LogP contribution is -2.71. The maximum absolute atomic E-state index is 12.3. The molecule has 0 saturated carbocycles. The van der Waals surface area contributed by atoms with Gasteiger partial charge in [0.05, 0.1) is 0 Å². The van der Waals surface area contributed by atoms with E-state index in [0.717, 1.165) is 0 Å². The first-order chi connectivity index (χ1) is 13.2. The molecule has 2 aliphatic heterocycles. The van der Waals surface area contributed by atoms with Gasteiger partial charge in [0.1, 0.15) is 23.5 Å². The van der Waals surface area contributed by atoms with Gasteiger partial charge in [-0.15, -0.1) is 11.8 Å². The van der Waals surface area contributed by atoms with Crippen LogP contribution < -0.4 is 11.1 Å². The zero-order chi connectivity index (χ0) is 22.1. The minimum Gasteiger partial charge on any atom is -0.480 e. The maximum Gasteiger partial charge on any atom is 0.394 e. The maximum atomic E-state index is 12.3. The molecule has 2 aliphatic rings. The highest BCUT2D eigenvalue weighted by molar-refractivity contribution is 8.01. The summed E-state index contributed by atoms with van der Waals surface area (Å²) >= 11 is 1.38. The summed E-state index contributed by atoms with van der Waals surface area (Å²) in [5, 5.41) is 11.7. The van der Waals surface area contributed by atoms with Gasteiger partial charge in [-0.1, -0.05) is 30.3 Å². The number of nitrogens with zero attached hydrogens (tertiary/aromatic N) is 1. The number of carbonyl (C=O) groups excluding carboxylic acids is 2. The Morgan fingerprint density at radius 1 is 1.24 bits per heavy atom. The van der Waals surface area contributed by atoms with E-state index in [0.29, 0.717) is 5.56 Å². The highest BCUT2D eigenvalue weighted by atomic mass is 32.3. The molecular weight excluding hydrogens is 426 g/mol. The second-order valence-corrected chi connectivity index (χ2v) is 9.59. The van der Waals surface area contributed by atoms with Crippen LogP contribution in [0.5, 0.6) is 0 Å². The highest BCUT2D eigenvalue weighted by Gasteiger charge is 2.64. The first kappa shape index (κ1) is 23.1. The Bertz CT molecular complexity index is 898. The van der Waals surface area contributed by atoms with E-state index in [-0.39, 0.29) is 11.3 Å². The van der Waals surface area contributed by atoms with E-state index in [4.69, 9.17) is 23.3 Å². The smallest absolute Gasteiger partial charge is 0.394 e. The van der Waals surface area contributed by atoms with Gasteiger partial charge in [-0.25, -0.2) is 4.79 Å². The van der Waals surface area contributed by atoms with Gasteiger partial charge in [0, 0.05) is 4.75 Å². The Kier molecular flexibility index (Phi) is 6.59. The van der Waals surface area contributed by atoms with Crippen molar-refractivity contribution in [3.63, 3.8) is 0 Å². The molecule has 0 aliphatic carbocycles. The predicted octanol–water partition coefficient (Wildman–Crippen LogP) is -0.335. The van der Waals surface area contributed by atoms with E-state index in [2.05, 4.69) is 5.32 Å². The number of thioether (sulfide) groups is 1. The molecule has 0 radical (unpaired) electrons. The standard InChI is InChI=1S/C16H19N3O4S.H2O4S/c1-16(2)11(15(22)23)19-13(21)10(14(19)24-16)18-12(20)9(17)8-6-4-3-5-7-8;1-5(2,3)4/h3-7,9-11,14H,17H2,1-2H3,(H,18,20)(H,22,23);(H2,1,2,3,4)/t9?,10-,11+,14-;/m1./s1. The van der Waals surface area contributed by atoms with Crippen LogP contribution in [-0.2, 0) is 24.8 Å². The summed E-state index contributed by atoms with van der Waals surface area (Å²) in [6.07, 6.45) is 0. The number of nitrogens with two attached hydrogens (primary N) is 1. The molecule has 2 heterocycles. The van der Waals surface area contributed by atoms with Gasteiger partial charge >= 0.3 is 16.4 Å². The average Bonchev–Trinajstić information content (AvgIpc) is 2.86. The van der Waals surface area contributed by atoms with Gasteiger partial charge in [-0.3, -0.25) is 18.7 Å². The topological polar surface area (TPSA) is 187 Å². The molecule has 1 aromatic carbocycles. The number of carbonyl (C=O) groups is 3. The molecule has 0 bridgehead atoms. The summed E-state index contributed by atoms with van der Waals surface area (Å²) in [7, 11) is -4.67. The number of benzene rings is 1. The van der Waals surface area contributed by atoms with Crippen molar-refractivity contribution in [3.05, 3.63) is 35.9 Å². The van der Waals surface area contributed by atoms with Gasteiger partial charge in [-0.05, 0) is 19.4 Å². The molecule has 13 heteroatoms. The van der Waals surface area contributed by atoms with E-state index >= 15 is 0 Å². The first-order valence-electron chi connectivity index (χ1n) is 8.27. The van der Waals surface area contributed by atoms with Gasteiger partial charge in [-0.2, -0.15) is 8.42 Å². The van der Waals surface area contributed by atoms with Crippen molar-refractivity contribution >= 4 is 39.9 Å². The molecule has 2 fully saturated rings. The lowest BCUT2D eigenvalue weighted by atomic mass is 9.95. The Labute approximate surface area is 171 Å². The minimum atomic E-state index is -4.67. The van der Waals surface area contributed by atoms with Crippen LogP contribution >= 0.6 is 11.8 Å². The monoisotopic (exact) mass is 447 g/mol. The Hall–Kier alpha value is -2.19. The average molecular weight is 447 g/mol. The third-order valence-electron chi connectivity index (χ3n) is 4.41. The third-order valence-corrected chi connectivity index (χ3v) is 5.99. The fourth-order valence-corrected chi connectivity index (χ4v) is 4.83. The number of aliphatic carboxylic acids is 1. The zero-order valence-corrected chi connectivity index (χ0v) is 17.1. The van der Waals surface area contributed by atoms with E-state index < -0.39 is 45.1 Å². The quantitative estimate of drug-likeness (QED) is 0.302. The number of rotatable bonds is 4. The summed E-state index contributed by atoms with van der Waals surface area (Å²) in [5.74, 6) is -1.86. The minimum absolute atomic E-state index is 0.375. The van der Waals surface area contributed by atoms with Crippen LogP contribution in [0.2, 0.25) is 0 Å². The van der Waals surface area contributed by atoms with Crippen molar-refractivity contribution in [2.45, 2.75) is 42.1 Å². The number of β-lactam (4-membered cyclic amide) rings is 1. The summed E-state index contributed by atoms with van der Waals surface area (Å²) in [5.41, 5.74) is 6.59.